The van der Waals surface area contributed by atoms with Crippen LogP contribution in [0.3, 0.4) is 0 Å². The molecule has 0 aliphatic heterocycles. The summed E-state index contributed by atoms with van der Waals surface area (Å²) in [5, 5.41) is 0. The van der Waals surface area contributed by atoms with E-state index in [1.54, 1.807) is 6.92 Å². The zero-order valence-electron chi connectivity index (χ0n) is 8.29. The zero-order chi connectivity index (χ0) is 10.8. The predicted molar refractivity (Wildman–Crippen MR) is 56.4 cm³/mol. The molecule has 0 aromatic heterocycles. The third-order valence-electron chi connectivity index (χ3n) is 2.58. The molecule has 0 aliphatic rings. The Labute approximate surface area is 83.9 Å². The molecule has 14 heavy (non-hydrogen) atoms. The van der Waals surface area contributed by atoms with E-state index in [2.05, 4.69) is 0 Å². The van der Waals surface area contributed by atoms with Gasteiger partial charge in [-0.15, -0.1) is 0 Å². The second-order valence-electron chi connectivity index (χ2n) is 3.53. The fourth-order valence-corrected chi connectivity index (χ4v) is 2.08. The second-order valence-corrected chi connectivity index (χ2v) is 5.52. The average molecular weight is 214 g/mol. The average Bonchev–Trinajstić information content (AvgIpc) is 2.15. The van der Waals surface area contributed by atoms with Crippen molar-refractivity contribution in [1.82, 2.24) is 0 Å². The first-order valence-corrected chi connectivity index (χ1v) is 6.21. The maximum absolute atomic E-state index is 11.0. The lowest BCUT2D eigenvalue weighted by Gasteiger charge is -2.21. The van der Waals surface area contributed by atoms with Crippen LogP contribution in [-0.4, -0.2) is 15.4 Å². The summed E-state index contributed by atoms with van der Waals surface area (Å²) in [5.74, 6) is -0.128. The van der Waals surface area contributed by atoms with Crippen molar-refractivity contribution in [3.8, 4) is 0 Å². The monoisotopic (exact) mass is 214 g/mol. The SMILES string of the molecule is CC(c1ccccc1)C(C)P(=O)(O)O. The van der Waals surface area contributed by atoms with Crippen LogP contribution in [0.4, 0.5) is 0 Å². The normalized spacial score (nSPS) is 16.3. The summed E-state index contributed by atoms with van der Waals surface area (Å²) in [6.07, 6.45) is 0. The molecule has 0 bridgehead atoms. The molecule has 2 N–H and O–H groups in total. The van der Waals surface area contributed by atoms with Gasteiger partial charge in [-0.25, -0.2) is 0 Å². The molecule has 0 fully saturated rings. The topological polar surface area (TPSA) is 57.5 Å². The van der Waals surface area contributed by atoms with E-state index in [0.717, 1.165) is 5.56 Å². The van der Waals surface area contributed by atoms with Crippen LogP contribution in [0.2, 0.25) is 0 Å². The number of hydrogen-bond donors (Lipinski definition) is 2. The van der Waals surface area contributed by atoms with Crippen molar-refractivity contribution in [1.29, 1.82) is 0 Å². The molecule has 0 radical (unpaired) electrons. The van der Waals surface area contributed by atoms with Gasteiger partial charge in [0, 0.05) is 0 Å². The molecule has 78 valence electrons. The third kappa shape index (κ3) is 2.68. The largest absolute Gasteiger partial charge is 0.328 e. The summed E-state index contributed by atoms with van der Waals surface area (Å²) in [4.78, 5) is 18.1. The van der Waals surface area contributed by atoms with Crippen molar-refractivity contribution in [3.05, 3.63) is 35.9 Å². The van der Waals surface area contributed by atoms with Gasteiger partial charge in [-0.05, 0) is 11.5 Å². The smallest absolute Gasteiger partial charge is 0.324 e. The summed E-state index contributed by atoms with van der Waals surface area (Å²) in [6.45, 7) is 3.41. The molecular formula is C10H15O3P. The molecule has 0 amide bonds. The van der Waals surface area contributed by atoms with E-state index in [0.29, 0.717) is 0 Å². The molecule has 2 atom stereocenters. The highest BCUT2D eigenvalue weighted by Crippen LogP contribution is 2.47. The third-order valence-corrected chi connectivity index (χ3v) is 4.09. The zero-order valence-corrected chi connectivity index (χ0v) is 9.19. The molecular weight excluding hydrogens is 199 g/mol. The van der Waals surface area contributed by atoms with E-state index < -0.39 is 13.3 Å². The predicted octanol–water partition coefficient (Wildman–Crippen LogP) is 2.36. The molecule has 0 heterocycles. The van der Waals surface area contributed by atoms with Gasteiger partial charge in [-0.1, -0.05) is 44.2 Å². The second kappa shape index (κ2) is 4.26. The van der Waals surface area contributed by atoms with E-state index >= 15 is 0 Å². The summed E-state index contributed by atoms with van der Waals surface area (Å²) in [5.41, 5.74) is 0.327. The van der Waals surface area contributed by atoms with Crippen molar-refractivity contribution in [2.24, 2.45) is 0 Å². The molecule has 4 heteroatoms. The van der Waals surface area contributed by atoms with E-state index in [9.17, 15) is 4.57 Å². The van der Waals surface area contributed by atoms with E-state index in [1.807, 2.05) is 37.3 Å². The van der Waals surface area contributed by atoms with E-state index in [1.165, 1.54) is 0 Å². The first-order chi connectivity index (χ1) is 6.43. The molecule has 1 aromatic rings. The van der Waals surface area contributed by atoms with Crippen LogP contribution in [0.25, 0.3) is 0 Å². The van der Waals surface area contributed by atoms with Crippen molar-refractivity contribution >= 4 is 7.60 Å². The van der Waals surface area contributed by atoms with E-state index in [4.69, 9.17) is 9.79 Å². The van der Waals surface area contributed by atoms with Gasteiger partial charge in [0.15, 0.2) is 0 Å². The molecule has 0 saturated heterocycles. The lowest BCUT2D eigenvalue weighted by Crippen LogP contribution is -2.12. The van der Waals surface area contributed by atoms with Crippen LogP contribution < -0.4 is 0 Å². The van der Waals surface area contributed by atoms with Crippen LogP contribution in [-0.2, 0) is 4.57 Å². The van der Waals surface area contributed by atoms with Crippen LogP contribution in [0.15, 0.2) is 30.3 Å². The number of hydrogen-bond acceptors (Lipinski definition) is 1. The Morgan fingerprint density at radius 2 is 1.64 bits per heavy atom. The fraction of sp³-hybridized carbons (Fsp3) is 0.400. The molecule has 1 rings (SSSR count). The molecule has 3 nitrogen and oxygen atoms in total. The maximum atomic E-state index is 11.0. The minimum Gasteiger partial charge on any atom is -0.324 e. The standard InChI is InChI=1S/C10H15O3P/c1-8(9(2)14(11,12)13)10-6-4-3-5-7-10/h3-9H,1-2H3,(H2,11,12,13). The Morgan fingerprint density at radius 1 is 1.14 bits per heavy atom. The van der Waals surface area contributed by atoms with Crippen molar-refractivity contribution in [3.63, 3.8) is 0 Å². The lowest BCUT2D eigenvalue weighted by atomic mass is 9.98. The molecule has 0 spiro atoms. The Balaban J connectivity index is 2.87. The fourth-order valence-electron chi connectivity index (χ4n) is 1.33. The first kappa shape index (κ1) is 11.4. The van der Waals surface area contributed by atoms with Crippen LogP contribution >= 0.6 is 7.60 Å². The maximum Gasteiger partial charge on any atom is 0.328 e. The summed E-state index contributed by atoms with van der Waals surface area (Å²) in [6, 6.07) is 9.41. The first-order valence-electron chi connectivity index (χ1n) is 4.53. The van der Waals surface area contributed by atoms with Gasteiger partial charge in [-0.3, -0.25) is 4.57 Å². The number of benzene rings is 1. The minimum absolute atomic E-state index is 0.128. The highest BCUT2D eigenvalue weighted by Gasteiger charge is 2.29. The Hall–Kier alpha value is -0.630. The van der Waals surface area contributed by atoms with Crippen molar-refractivity contribution < 1.29 is 14.4 Å². The van der Waals surface area contributed by atoms with Crippen LogP contribution in [0, 0.1) is 0 Å². The Morgan fingerprint density at radius 3 is 2.07 bits per heavy atom. The van der Waals surface area contributed by atoms with Gasteiger partial charge in [-0.2, -0.15) is 0 Å². The molecule has 2 unspecified atom stereocenters. The molecule has 1 aromatic carbocycles. The van der Waals surface area contributed by atoms with Gasteiger partial charge >= 0.3 is 7.60 Å². The molecule has 0 saturated carbocycles. The highest BCUT2D eigenvalue weighted by molar-refractivity contribution is 7.52. The minimum atomic E-state index is -3.98. The van der Waals surface area contributed by atoms with Gasteiger partial charge < -0.3 is 9.79 Å². The van der Waals surface area contributed by atoms with Crippen LogP contribution in [0.5, 0.6) is 0 Å². The van der Waals surface area contributed by atoms with Crippen molar-refractivity contribution in [2.75, 3.05) is 0 Å². The highest BCUT2D eigenvalue weighted by atomic mass is 31.2. The van der Waals surface area contributed by atoms with Crippen molar-refractivity contribution in [2.45, 2.75) is 25.4 Å². The summed E-state index contributed by atoms with van der Waals surface area (Å²) in [7, 11) is -3.98. The van der Waals surface area contributed by atoms with Gasteiger partial charge in [0.05, 0.1) is 5.66 Å². The quantitative estimate of drug-likeness (QED) is 0.759. The number of rotatable bonds is 3. The lowest BCUT2D eigenvalue weighted by molar-refractivity contribution is 0.354. The van der Waals surface area contributed by atoms with Gasteiger partial charge in [0.1, 0.15) is 0 Å². The van der Waals surface area contributed by atoms with Gasteiger partial charge in [0.25, 0.3) is 0 Å². The molecule has 0 aliphatic carbocycles. The summed E-state index contributed by atoms with van der Waals surface area (Å²) < 4.78 is 11.0. The summed E-state index contributed by atoms with van der Waals surface area (Å²) >= 11 is 0. The van der Waals surface area contributed by atoms with E-state index in [-0.39, 0.29) is 5.92 Å². The Bertz CT molecular complexity index is 330. The van der Waals surface area contributed by atoms with Gasteiger partial charge in [0.2, 0.25) is 0 Å². The van der Waals surface area contributed by atoms with Crippen LogP contribution in [0.1, 0.15) is 25.3 Å². The Kier molecular flexibility index (Phi) is 3.48.